The van der Waals surface area contributed by atoms with E-state index in [2.05, 4.69) is 244 Å². The molecule has 348 valence electrons. The van der Waals surface area contributed by atoms with Crippen LogP contribution < -0.4 is 0 Å². The minimum atomic E-state index is 1.24. The Balaban J connectivity index is 1.01. The van der Waals surface area contributed by atoms with Crippen molar-refractivity contribution in [1.29, 1.82) is 0 Å². The smallest absolute Gasteiger partial charge is 0.000696 e. The molecule has 0 fully saturated rings. The second-order valence-corrected chi connectivity index (χ2v) is 21.8. The maximum absolute atomic E-state index is 2.49. The highest BCUT2D eigenvalue weighted by Gasteiger charge is 2.34. The van der Waals surface area contributed by atoms with Gasteiger partial charge in [0.25, 0.3) is 0 Å². The monoisotopic (exact) mass is 956 g/mol. The first kappa shape index (κ1) is 40.8. The first-order valence-corrected chi connectivity index (χ1v) is 26.8. The standard InChI is InChI=1S/C76H44/c1-41-36-42(2)38-47(37-41)48-22-11-13-24-50(48)69-63-40-46-21-10-9-20-45(46)39-62(63)65(44-18-7-4-8-19-44)74-59-33-29-53-54-28-32-58-71-61(35-31-56(67(54)71)55-30-34-60(75(69)74)70(59)66(53)55)76-72-52-25-14-12-23-49(52)51-26-15-27-57(68(51)72)64(73(58)76)43-16-5-3-6-17-43/h3-40H,1-2H3. The molecular weight excluding hydrogens is 913 g/mol. The minimum absolute atomic E-state index is 1.24. The van der Waals surface area contributed by atoms with Gasteiger partial charge in [0.1, 0.15) is 0 Å². The summed E-state index contributed by atoms with van der Waals surface area (Å²) < 4.78 is 0. The van der Waals surface area contributed by atoms with Crippen molar-refractivity contribution in [2.45, 2.75) is 13.8 Å². The van der Waals surface area contributed by atoms with Crippen molar-refractivity contribution in [1.82, 2.24) is 0 Å². The molecule has 0 heterocycles. The fraction of sp³-hybridized carbons (Fsp3) is 0.0263. The van der Waals surface area contributed by atoms with E-state index in [1.54, 1.807) is 0 Å². The van der Waals surface area contributed by atoms with Crippen molar-refractivity contribution in [3.63, 3.8) is 0 Å². The molecule has 18 rings (SSSR count). The zero-order valence-corrected chi connectivity index (χ0v) is 41.9. The van der Waals surface area contributed by atoms with E-state index in [9.17, 15) is 0 Å². The third kappa shape index (κ3) is 5.09. The molecule has 1 aliphatic rings. The summed E-state index contributed by atoms with van der Waals surface area (Å²) in [6.45, 7) is 4.45. The van der Waals surface area contributed by atoms with E-state index in [4.69, 9.17) is 0 Å². The summed E-state index contributed by atoms with van der Waals surface area (Å²) in [4.78, 5) is 0. The van der Waals surface area contributed by atoms with E-state index >= 15 is 0 Å². The topological polar surface area (TPSA) is 0 Å². The SMILES string of the molecule is Cc1cc(C)cc(-c2ccccc2-c2c3c(c(-c4ccccc4)c4cc5ccccc5cc24)-c2ccc4c5ccc6c7c(-c8ccccc8)c8cccc9c%10ccccc%10c(c89)c7c7ccc(c8ccc-3c2c48)c5c67)c1. The lowest BCUT2D eigenvalue weighted by Gasteiger charge is -2.23. The van der Waals surface area contributed by atoms with Crippen LogP contribution in [0.5, 0.6) is 0 Å². The Morgan fingerprint density at radius 2 is 0.605 bits per heavy atom. The highest BCUT2D eigenvalue weighted by molar-refractivity contribution is 6.51. The molecule has 1 aliphatic carbocycles. The molecule has 0 N–H and O–H groups in total. The maximum Gasteiger partial charge on any atom is -0.000696 e. The van der Waals surface area contributed by atoms with Crippen LogP contribution in [0.3, 0.4) is 0 Å². The zero-order chi connectivity index (χ0) is 49.7. The van der Waals surface area contributed by atoms with Crippen molar-refractivity contribution >= 4 is 118 Å². The average molecular weight is 957 g/mol. The molecule has 0 spiro atoms. The molecular formula is C76H44. The van der Waals surface area contributed by atoms with E-state index in [1.165, 1.54) is 196 Å². The van der Waals surface area contributed by atoms with Crippen LogP contribution in [0.25, 0.3) is 185 Å². The largest absolute Gasteiger partial charge is 0.0622 e. The van der Waals surface area contributed by atoms with Gasteiger partial charge in [-0.25, -0.2) is 0 Å². The molecule has 0 heteroatoms. The van der Waals surface area contributed by atoms with Crippen LogP contribution in [-0.2, 0) is 0 Å². The molecule has 0 radical (unpaired) electrons. The van der Waals surface area contributed by atoms with Crippen LogP contribution in [0.1, 0.15) is 11.1 Å². The number of hydrogen-bond donors (Lipinski definition) is 0. The zero-order valence-electron chi connectivity index (χ0n) is 41.9. The molecule has 0 bridgehead atoms. The number of hydrogen-bond acceptors (Lipinski definition) is 0. The lowest BCUT2D eigenvalue weighted by molar-refractivity contribution is 1.38. The summed E-state index contributed by atoms with van der Waals surface area (Å²) in [7, 11) is 0. The normalized spacial score (nSPS) is 12.6. The Morgan fingerprint density at radius 1 is 0.184 bits per heavy atom. The quantitative estimate of drug-likeness (QED) is 0.122. The summed E-state index contributed by atoms with van der Waals surface area (Å²) in [6.07, 6.45) is 0. The molecule has 0 aromatic heterocycles. The van der Waals surface area contributed by atoms with Gasteiger partial charge < -0.3 is 0 Å². The first-order valence-electron chi connectivity index (χ1n) is 26.8. The second-order valence-electron chi connectivity index (χ2n) is 21.8. The van der Waals surface area contributed by atoms with Gasteiger partial charge in [0.15, 0.2) is 0 Å². The number of benzene rings is 15. The summed E-state index contributed by atoms with van der Waals surface area (Å²) in [6, 6.07) is 88.3. The molecule has 0 unspecified atom stereocenters. The third-order valence-corrected chi connectivity index (χ3v) is 17.8. The Kier molecular flexibility index (Phi) is 7.82. The summed E-state index contributed by atoms with van der Waals surface area (Å²) in [5.74, 6) is 0. The van der Waals surface area contributed by atoms with Crippen molar-refractivity contribution < 1.29 is 0 Å². The van der Waals surface area contributed by atoms with Gasteiger partial charge in [0.05, 0.1) is 0 Å². The molecule has 0 amide bonds. The van der Waals surface area contributed by atoms with E-state index in [-0.39, 0.29) is 0 Å². The van der Waals surface area contributed by atoms with Gasteiger partial charge >= 0.3 is 0 Å². The molecule has 0 saturated heterocycles. The second kappa shape index (κ2) is 14.6. The van der Waals surface area contributed by atoms with Gasteiger partial charge in [-0.2, -0.15) is 0 Å². The summed E-state index contributed by atoms with van der Waals surface area (Å²) in [5.41, 5.74) is 18.0. The van der Waals surface area contributed by atoms with Crippen molar-refractivity contribution in [2.24, 2.45) is 0 Å². The summed E-state index contributed by atoms with van der Waals surface area (Å²) >= 11 is 0. The average Bonchev–Trinajstić information content (AvgIpc) is 4.29. The lowest BCUT2D eigenvalue weighted by Crippen LogP contribution is -1.96. The molecule has 17 aromatic rings. The third-order valence-electron chi connectivity index (χ3n) is 17.8. The van der Waals surface area contributed by atoms with Crippen LogP contribution in [0.4, 0.5) is 0 Å². The fourth-order valence-corrected chi connectivity index (χ4v) is 15.1. The van der Waals surface area contributed by atoms with Crippen LogP contribution in [0, 0.1) is 13.8 Å². The van der Waals surface area contributed by atoms with Gasteiger partial charge in [-0.3, -0.25) is 0 Å². The fourth-order valence-electron chi connectivity index (χ4n) is 15.1. The number of aryl methyl sites for hydroxylation is 2. The van der Waals surface area contributed by atoms with E-state index in [1.807, 2.05) is 0 Å². The van der Waals surface area contributed by atoms with Gasteiger partial charge in [-0.05, 0) is 211 Å². The molecule has 0 saturated carbocycles. The van der Waals surface area contributed by atoms with E-state index < -0.39 is 0 Å². The van der Waals surface area contributed by atoms with Crippen LogP contribution in [-0.4, -0.2) is 0 Å². The molecule has 0 atom stereocenters. The number of fused-ring (bicyclic) bond motifs is 14. The van der Waals surface area contributed by atoms with Crippen molar-refractivity contribution in [3.8, 4) is 66.8 Å². The van der Waals surface area contributed by atoms with Gasteiger partial charge in [0.2, 0.25) is 0 Å². The van der Waals surface area contributed by atoms with E-state index in [0.717, 1.165) is 0 Å². The number of rotatable bonds is 4. The van der Waals surface area contributed by atoms with Crippen LogP contribution >= 0.6 is 0 Å². The molecule has 0 nitrogen and oxygen atoms in total. The Hall–Kier alpha value is -9.62. The predicted octanol–water partition coefficient (Wildman–Crippen LogP) is 21.6. The van der Waals surface area contributed by atoms with Crippen molar-refractivity contribution in [3.05, 3.63) is 242 Å². The van der Waals surface area contributed by atoms with E-state index in [0.29, 0.717) is 0 Å². The van der Waals surface area contributed by atoms with Crippen molar-refractivity contribution in [2.75, 3.05) is 0 Å². The summed E-state index contributed by atoms with van der Waals surface area (Å²) in [5, 5.41) is 29.2. The maximum atomic E-state index is 2.49. The Morgan fingerprint density at radius 3 is 1.28 bits per heavy atom. The lowest BCUT2D eigenvalue weighted by atomic mass is 9.80. The molecule has 0 aliphatic heterocycles. The van der Waals surface area contributed by atoms with Gasteiger partial charge in [0, 0.05) is 0 Å². The van der Waals surface area contributed by atoms with Crippen LogP contribution in [0.2, 0.25) is 0 Å². The predicted molar refractivity (Wildman–Crippen MR) is 328 cm³/mol. The Bertz CT molecular complexity index is 5350. The molecule has 76 heavy (non-hydrogen) atoms. The van der Waals surface area contributed by atoms with Gasteiger partial charge in [-0.15, -0.1) is 0 Å². The highest BCUT2D eigenvalue weighted by atomic mass is 14.4. The minimum Gasteiger partial charge on any atom is -0.0622 e. The molecule has 17 aromatic carbocycles. The Labute approximate surface area is 438 Å². The van der Waals surface area contributed by atoms with Crippen LogP contribution in [0.15, 0.2) is 231 Å². The first-order chi connectivity index (χ1) is 37.6. The highest BCUT2D eigenvalue weighted by Crippen LogP contribution is 2.62. The van der Waals surface area contributed by atoms with Gasteiger partial charge in [-0.1, -0.05) is 230 Å².